The van der Waals surface area contributed by atoms with Crippen LogP contribution in [0.15, 0.2) is 65.6 Å². The van der Waals surface area contributed by atoms with Crippen LogP contribution in [0.25, 0.3) is 0 Å². The molecule has 0 saturated carbocycles. The molecule has 2 aromatic carbocycles. The van der Waals surface area contributed by atoms with Gasteiger partial charge in [0.25, 0.3) is 10.1 Å². The summed E-state index contributed by atoms with van der Waals surface area (Å²) >= 11 is 1.50. The molecule has 1 fully saturated rings. The molecule has 3 rings (SSSR count). The normalized spacial score (nSPS) is 23.2. The van der Waals surface area contributed by atoms with Crippen molar-refractivity contribution in [2.24, 2.45) is 0 Å². The second-order valence-electron chi connectivity index (χ2n) is 15.2. The smallest absolute Gasteiger partial charge is 0.272 e. The second-order valence-corrected chi connectivity index (χ2v) is 28.8. The minimum atomic E-state index is -4.04. The number of benzene rings is 2. The van der Waals surface area contributed by atoms with E-state index < -0.39 is 50.5 Å². The van der Waals surface area contributed by atoms with Crippen molar-refractivity contribution in [3.05, 3.63) is 66.2 Å². The molecular weight excluding hydrogens is 661 g/mol. The Labute approximate surface area is 293 Å². The van der Waals surface area contributed by atoms with E-state index in [1.54, 1.807) is 0 Å². The van der Waals surface area contributed by atoms with Crippen LogP contribution in [0.4, 0.5) is 0 Å². The molecule has 0 spiro atoms. The van der Waals surface area contributed by atoms with Gasteiger partial charge in [-0.1, -0.05) is 143 Å². The SMILES string of the molecule is CC(C)[Si](O[C@@H]1[C@@H](O[Si](C(C)C)(C(C)C)C(C)C)[C@H](C)O[C@H](Sc2ccccc2)[C@@H]1OS(=O)(=O)Cc1ccccc1)(C(C)C)C(C)C. The van der Waals surface area contributed by atoms with E-state index in [2.05, 4.69) is 90.0 Å². The van der Waals surface area contributed by atoms with Gasteiger partial charge in [0.05, 0.1) is 12.2 Å². The Bertz CT molecular complexity index is 1290. The summed E-state index contributed by atoms with van der Waals surface area (Å²) in [5.41, 5.74) is 1.88. The summed E-state index contributed by atoms with van der Waals surface area (Å²) in [6.45, 7) is 29.3. The van der Waals surface area contributed by atoms with E-state index in [9.17, 15) is 8.42 Å². The average molecular weight is 723 g/mol. The van der Waals surface area contributed by atoms with E-state index in [0.717, 1.165) is 4.90 Å². The first kappa shape index (κ1) is 40.4. The monoisotopic (exact) mass is 722 g/mol. The Morgan fingerprint density at radius 2 is 1.04 bits per heavy atom. The molecule has 0 aliphatic carbocycles. The Balaban J connectivity index is 2.27. The minimum Gasteiger partial charge on any atom is -0.408 e. The van der Waals surface area contributed by atoms with Crippen LogP contribution in [0, 0.1) is 0 Å². The molecular formula is C37H62O6S2Si2. The molecule has 0 radical (unpaired) electrons. The maximum Gasteiger partial charge on any atom is 0.272 e. The first-order chi connectivity index (χ1) is 21.9. The van der Waals surface area contributed by atoms with Gasteiger partial charge >= 0.3 is 0 Å². The molecule has 0 unspecified atom stereocenters. The van der Waals surface area contributed by atoms with Crippen LogP contribution in [0.5, 0.6) is 0 Å². The van der Waals surface area contributed by atoms with Crippen molar-refractivity contribution in [1.82, 2.24) is 0 Å². The largest absolute Gasteiger partial charge is 0.408 e. The second kappa shape index (κ2) is 16.8. The van der Waals surface area contributed by atoms with E-state index in [-0.39, 0.29) is 28.5 Å². The van der Waals surface area contributed by atoms with Crippen LogP contribution in [0.2, 0.25) is 33.2 Å². The van der Waals surface area contributed by atoms with Crippen molar-refractivity contribution < 1.29 is 26.2 Å². The number of ether oxygens (including phenoxy) is 1. The molecule has 1 aliphatic heterocycles. The quantitative estimate of drug-likeness (QED) is 0.126. The minimum absolute atomic E-state index is 0.232. The zero-order valence-corrected chi connectivity index (χ0v) is 34.7. The molecule has 10 heteroatoms. The van der Waals surface area contributed by atoms with Crippen LogP contribution in [0.1, 0.15) is 95.6 Å². The van der Waals surface area contributed by atoms with Crippen LogP contribution in [-0.2, 0) is 33.6 Å². The molecule has 47 heavy (non-hydrogen) atoms. The third kappa shape index (κ3) is 9.23. The van der Waals surface area contributed by atoms with E-state index in [1.807, 2.05) is 60.7 Å². The van der Waals surface area contributed by atoms with E-state index in [0.29, 0.717) is 22.2 Å². The van der Waals surface area contributed by atoms with Gasteiger partial charge < -0.3 is 13.6 Å². The molecule has 0 N–H and O–H groups in total. The average Bonchev–Trinajstić information content (AvgIpc) is 2.96. The molecule has 266 valence electrons. The Morgan fingerprint density at radius 1 is 0.638 bits per heavy atom. The van der Waals surface area contributed by atoms with Gasteiger partial charge in [-0.15, -0.1) is 0 Å². The van der Waals surface area contributed by atoms with Crippen molar-refractivity contribution in [3.8, 4) is 0 Å². The summed E-state index contributed by atoms with van der Waals surface area (Å²) in [5.74, 6) is -0.232. The standard InChI is InChI=1S/C37H62O6S2Si2/c1-25(2)46(26(3)4,27(5)6)42-34-31(13)40-37(44-33-22-18-15-19-23-33)36(41-45(38,39)24-32-20-16-14-17-21-32)35(34)43-47(28(7)8,29(9)10)30(11)12/h14-23,25-31,34-37H,24H2,1-13H3/t31-,34-,35+,36+,37+/m0/s1. The van der Waals surface area contributed by atoms with Crippen LogP contribution in [-0.4, -0.2) is 54.9 Å². The van der Waals surface area contributed by atoms with Crippen molar-refractivity contribution in [3.63, 3.8) is 0 Å². The highest BCUT2D eigenvalue weighted by Gasteiger charge is 2.58. The van der Waals surface area contributed by atoms with Gasteiger partial charge in [-0.25, -0.2) is 0 Å². The fraction of sp³-hybridized carbons (Fsp3) is 0.676. The molecule has 5 atom stereocenters. The fourth-order valence-electron chi connectivity index (χ4n) is 8.37. The van der Waals surface area contributed by atoms with Crippen molar-refractivity contribution in [2.45, 2.75) is 164 Å². The summed E-state index contributed by atoms with van der Waals surface area (Å²) < 4.78 is 56.5. The lowest BCUT2D eigenvalue weighted by Crippen LogP contribution is -2.66. The third-order valence-electron chi connectivity index (χ3n) is 10.3. The van der Waals surface area contributed by atoms with Gasteiger partial charge in [0.15, 0.2) is 0 Å². The third-order valence-corrected chi connectivity index (χ3v) is 24.8. The lowest BCUT2D eigenvalue weighted by atomic mass is 10.0. The highest BCUT2D eigenvalue weighted by Crippen LogP contribution is 2.50. The predicted molar refractivity (Wildman–Crippen MR) is 202 cm³/mol. The van der Waals surface area contributed by atoms with Crippen LogP contribution in [0.3, 0.4) is 0 Å². The zero-order chi connectivity index (χ0) is 35.3. The molecule has 1 aliphatic rings. The number of thioether (sulfide) groups is 1. The summed E-state index contributed by atoms with van der Waals surface area (Å²) in [6, 6.07) is 19.2. The van der Waals surface area contributed by atoms with Gasteiger partial charge in [-0.2, -0.15) is 8.42 Å². The molecule has 2 aromatic rings. The topological polar surface area (TPSA) is 71.1 Å². The molecule has 1 saturated heterocycles. The maximum absolute atomic E-state index is 14.0. The van der Waals surface area contributed by atoms with E-state index in [4.69, 9.17) is 17.8 Å². The lowest BCUT2D eigenvalue weighted by molar-refractivity contribution is -0.176. The van der Waals surface area contributed by atoms with Crippen molar-refractivity contribution in [2.75, 3.05) is 0 Å². The van der Waals surface area contributed by atoms with Crippen molar-refractivity contribution >= 4 is 38.5 Å². The van der Waals surface area contributed by atoms with Crippen LogP contribution >= 0.6 is 11.8 Å². The molecule has 0 bridgehead atoms. The molecule has 0 amide bonds. The highest BCUT2D eigenvalue weighted by molar-refractivity contribution is 7.99. The number of hydrogen-bond acceptors (Lipinski definition) is 7. The first-order valence-electron chi connectivity index (χ1n) is 17.6. The van der Waals surface area contributed by atoms with Crippen LogP contribution < -0.4 is 0 Å². The number of hydrogen-bond donors (Lipinski definition) is 0. The first-order valence-corrected chi connectivity index (χ1v) is 24.3. The van der Waals surface area contributed by atoms with Gasteiger partial charge in [0.1, 0.15) is 23.4 Å². The Morgan fingerprint density at radius 3 is 1.47 bits per heavy atom. The van der Waals surface area contributed by atoms with Gasteiger partial charge in [0, 0.05) is 4.90 Å². The lowest BCUT2D eigenvalue weighted by Gasteiger charge is -2.54. The molecule has 0 aromatic heterocycles. The van der Waals surface area contributed by atoms with Crippen molar-refractivity contribution in [1.29, 1.82) is 0 Å². The van der Waals surface area contributed by atoms with Gasteiger partial charge in [-0.3, -0.25) is 4.18 Å². The predicted octanol–water partition coefficient (Wildman–Crippen LogP) is 10.6. The summed E-state index contributed by atoms with van der Waals surface area (Å²) in [6.07, 6.45) is -2.41. The molecule has 6 nitrogen and oxygen atoms in total. The Hall–Kier alpha value is -0.986. The van der Waals surface area contributed by atoms with Gasteiger partial charge in [0.2, 0.25) is 16.6 Å². The molecule has 1 heterocycles. The highest BCUT2D eigenvalue weighted by atomic mass is 32.2. The van der Waals surface area contributed by atoms with Gasteiger partial charge in [-0.05, 0) is 57.9 Å². The zero-order valence-electron chi connectivity index (χ0n) is 31.1. The summed E-state index contributed by atoms with van der Waals surface area (Å²) in [7, 11) is -9.06. The Kier molecular flexibility index (Phi) is 14.5. The maximum atomic E-state index is 14.0. The summed E-state index contributed by atoms with van der Waals surface area (Å²) in [4.78, 5) is 0.979. The van der Waals surface area contributed by atoms with E-state index in [1.165, 1.54) is 11.8 Å². The fourth-order valence-corrected chi connectivity index (χ4v) is 22.0. The summed E-state index contributed by atoms with van der Waals surface area (Å²) in [5, 5.41) is 0. The number of rotatable bonds is 16. The van der Waals surface area contributed by atoms with E-state index >= 15 is 0 Å².